The molecule has 0 saturated carbocycles. The van der Waals surface area contributed by atoms with E-state index in [9.17, 15) is 33.1 Å². The van der Waals surface area contributed by atoms with Crippen LogP contribution >= 0.6 is 0 Å². The molecule has 0 aliphatic carbocycles. The molecule has 1 fully saturated rings. The van der Waals surface area contributed by atoms with Crippen LogP contribution in [0.15, 0.2) is 66.7 Å². The summed E-state index contributed by atoms with van der Waals surface area (Å²) in [5, 5.41) is 19.7. The predicted molar refractivity (Wildman–Crippen MR) is 212 cm³/mol. The third kappa shape index (κ3) is 10.3. The van der Waals surface area contributed by atoms with Crippen LogP contribution in [0, 0.1) is 11.3 Å². The van der Waals surface area contributed by atoms with Crippen molar-refractivity contribution in [2.75, 3.05) is 32.9 Å². The number of carboxylic acids is 1. The van der Waals surface area contributed by atoms with E-state index in [4.69, 9.17) is 33.7 Å². The van der Waals surface area contributed by atoms with Gasteiger partial charge in [-0.1, -0.05) is 24.3 Å². The first-order valence-corrected chi connectivity index (χ1v) is 19.6. The molecule has 4 bridgehead atoms. The Morgan fingerprint density at radius 2 is 1.83 bits per heavy atom. The highest BCUT2D eigenvalue weighted by atomic mass is 19.4. The van der Waals surface area contributed by atoms with Gasteiger partial charge in [0.25, 0.3) is 0 Å². The van der Waals surface area contributed by atoms with E-state index in [1.54, 1.807) is 32.9 Å². The van der Waals surface area contributed by atoms with Crippen LogP contribution in [0.2, 0.25) is 0 Å². The Kier molecular flexibility index (Phi) is 12.2. The van der Waals surface area contributed by atoms with Crippen molar-refractivity contribution in [1.82, 2.24) is 19.4 Å². The molecule has 0 unspecified atom stereocenters. The maximum Gasteiger partial charge on any atom is 0.410 e. The number of carboxylic acid groups (broad SMARTS) is 1. The van der Waals surface area contributed by atoms with Crippen LogP contribution in [0.25, 0.3) is 22.3 Å². The minimum absolute atomic E-state index is 0.0249. The standard InChI is InChI=1S/C44H44F3N5O8/c1-43(2,3)60-42(55)51(26-44(45,46)47)14-17-58-37-21-32(41(53)54)19-35-40(37)50-38(52(35)24-33-13-16-56-33)22-30-12-11-29-20-36(30)57-15-5-6-28-18-27(23-48)9-10-31(28)25-59-39-8-4-7-34(29)49-39/h4,7-12,18-21,33H,5-6,13-17,22,24-26H2,1-3H3,(H,53,54)/t33-/m0/s1. The number of hydrogen-bond donors (Lipinski definition) is 1. The summed E-state index contributed by atoms with van der Waals surface area (Å²) in [6.07, 6.45) is -3.75. The second-order valence-electron chi connectivity index (χ2n) is 15.6. The normalized spacial score (nSPS) is 15.3. The number of alkyl halides is 3. The zero-order valence-corrected chi connectivity index (χ0v) is 33.4. The Balaban J connectivity index is 1.22. The van der Waals surface area contributed by atoms with Gasteiger partial charge in [-0.25, -0.2) is 19.6 Å². The van der Waals surface area contributed by atoms with Crippen LogP contribution in [-0.4, -0.2) is 87.4 Å². The molecule has 4 heterocycles. The fourth-order valence-electron chi connectivity index (χ4n) is 6.97. The maximum atomic E-state index is 13.5. The van der Waals surface area contributed by atoms with Crippen molar-refractivity contribution in [3.8, 4) is 34.7 Å². The van der Waals surface area contributed by atoms with E-state index in [1.807, 2.05) is 47.0 Å². The van der Waals surface area contributed by atoms with Gasteiger partial charge >= 0.3 is 18.2 Å². The number of carbonyl (C=O) groups is 2. The Morgan fingerprint density at radius 3 is 2.55 bits per heavy atom. The molecule has 314 valence electrons. The molecule has 13 nitrogen and oxygen atoms in total. The molecule has 2 aromatic heterocycles. The van der Waals surface area contributed by atoms with Crippen molar-refractivity contribution >= 4 is 23.1 Å². The number of amides is 1. The third-order valence-corrected chi connectivity index (χ3v) is 9.96. The largest absolute Gasteiger partial charge is 0.493 e. The Morgan fingerprint density at radius 1 is 1.02 bits per heavy atom. The molecule has 16 heteroatoms. The molecule has 1 saturated heterocycles. The molecule has 7 rings (SSSR count). The van der Waals surface area contributed by atoms with Crippen LogP contribution < -0.4 is 14.2 Å². The first-order chi connectivity index (χ1) is 28.6. The monoisotopic (exact) mass is 827 g/mol. The Hall–Kier alpha value is -6.34. The minimum atomic E-state index is -4.71. The van der Waals surface area contributed by atoms with Crippen molar-refractivity contribution < 1.29 is 51.6 Å². The van der Waals surface area contributed by atoms with Gasteiger partial charge in [0.05, 0.1) is 54.2 Å². The summed E-state index contributed by atoms with van der Waals surface area (Å²) >= 11 is 0. The van der Waals surface area contributed by atoms with E-state index in [0.717, 1.165) is 28.7 Å². The average Bonchev–Trinajstić information content (AvgIpc) is 3.52. The lowest BCUT2D eigenvalue weighted by Crippen LogP contribution is -2.44. The number of hydrogen-bond acceptors (Lipinski definition) is 10. The number of fused-ring (bicyclic) bond motifs is 7. The van der Waals surface area contributed by atoms with Crippen LogP contribution in [0.1, 0.15) is 72.0 Å². The van der Waals surface area contributed by atoms with Crippen LogP contribution in [0.5, 0.6) is 17.4 Å². The van der Waals surface area contributed by atoms with Gasteiger partial charge in [-0.15, -0.1) is 0 Å². The number of nitriles is 1. The summed E-state index contributed by atoms with van der Waals surface area (Å²) in [5.74, 6) is 0.339. The first-order valence-electron chi connectivity index (χ1n) is 19.6. The van der Waals surface area contributed by atoms with Crippen LogP contribution in [0.4, 0.5) is 18.0 Å². The molecule has 0 spiro atoms. The predicted octanol–water partition coefficient (Wildman–Crippen LogP) is 8.13. The van der Waals surface area contributed by atoms with Crippen LogP contribution in [0.3, 0.4) is 0 Å². The number of halogens is 3. The van der Waals surface area contributed by atoms with E-state index in [0.29, 0.717) is 83.9 Å². The number of rotatable bonds is 10. The van der Waals surface area contributed by atoms with Gasteiger partial charge in [0.2, 0.25) is 5.88 Å². The topological polar surface area (TPSA) is 158 Å². The van der Waals surface area contributed by atoms with Gasteiger partial charge in [0, 0.05) is 30.2 Å². The molecule has 1 amide bonds. The number of pyridine rings is 1. The highest BCUT2D eigenvalue weighted by Gasteiger charge is 2.35. The molecular formula is C44H44F3N5O8. The summed E-state index contributed by atoms with van der Waals surface area (Å²) in [6.45, 7) is 3.73. The fraction of sp³-hybridized carbons (Fsp3) is 0.386. The number of aryl methyl sites for hydroxylation is 1. The number of nitrogens with zero attached hydrogens (tertiary/aromatic N) is 5. The lowest BCUT2D eigenvalue weighted by atomic mass is 10.0. The number of benzene rings is 3. The SMILES string of the molecule is CC(C)(C)OC(=O)N(CCOc1cc(C(=O)O)cc2c1nc(Cc1ccc3cc1OCCCc1cc(C#N)ccc1COc1cccc-3n1)n2C[C@@H]1CCO1)CC(F)(F)F. The second kappa shape index (κ2) is 17.5. The molecule has 1 N–H and O–H groups in total. The van der Waals surface area contributed by atoms with Crippen molar-refractivity contribution in [2.45, 2.75) is 77.5 Å². The van der Waals surface area contributed by atoms with Gasteiger partial charge in [0.15, 0.2) is 0 Å². The van der Waals surface area contributed by atoms with E-state index < -0.39 is 43.5 Å². The Labute approximate surface area is 344 Å². The number of carbonyl (C=O) groups excluding carboxylic acids is 1. The smallest absolute Gasteiger partial charge is 0.410 e. The summed E-state index contributed by atoms with van der Waals surface area (Å²) in [7, 11) is 0. The van der Waals surface area contributed by atoms with Gasteiger partial charge in [-0.3, -0.25) is 4.90 Å². The van der Waals surface area contributed by atoms with E-state index in [1.165, 1.54) is 12.1 Å². The highest BCUT2D eigenvalue weighted by Crippen LogP contribution is 2.34. The van der Waals surface area contributed by atoms with E-state index in [2.05, 4.69) is 6.07 Å². The highest BCUT2D eigenvalue weighted by molar-refractivity contribution is 5.95. The number of imidazole rings is 1. The molecule has 2 aliphatic rings. The molecular weight excluding hydrogens is 784 g/mol. The number of aromatic nitrogens is 3. The lowest BCUT2D eigenvalue weighted by molar-refractivity contribution is -0.145. The zero-order valence-electron chi connectivity index (χ0n) is 33.4. The van der Waals surface area contributed by atoms with Gasteiger partial charge in [-0.2, -0.15) is 18.4 Å². The summed E-state index contributed by atoms with van der Waals surface area (Å²) in [4.78, 5) is 35.3. The second-order valence-corrected chi connectivity index (χ2v) is 15.6. The summed E-state index contributed by atoms with van der Waals surface area (Å²) in [6, 6.07) is 21.8. The van der Waals surface area contributed by atoms with Crippen molar-refractivity contribution in [3.63, 3.8) is 0 Å². The number of ether oxygens (including phenoxy) is 5. The van der Waals surface area contributed by atoms with Gasteiger partial charge < -0.3 is 33.4 Å². The molecule has 1 atom stereocenters. The zero-order chi connectivity index (χ0) is 42.6. The molecule has 0 radical (unpaired) electrons. The summed E-state index contributed by atoms with van der Waals surface area (Å²) < 4.78 is 72.0. The van der Waals surface area contributed by atoms with Crippen molar-refractivity contribution in [2.24, 2.45) is 0 Å². The van der Waals surface area contributed by atoms with E-state index in [-0.39, 0.29) is 23.8 Å². The third-order valence-electron chi connectivity index (χ3n) is 9.96. The molecule has 3 aromatic carbocycles. The average molecular weight is 828 g/mol. The van der Waals surface area contributed by atoms with Crippen molar-refractivity contribution in [3.05, 3.63) is 100 Å². The first kappa shape index (κ1) is 41.8. The van der Waals surface area contributed by atoms with Crippen molar-refractivity contribution in [1.29, 1.82) is 5.26 Å². The molecule has 5 aromatic rings. The lowest BCUT2D eigenvalue weighted by Gasteiger charge is -2.28. The van der Waals surface area contributed by atoms with Crippen LogP contribution in [-0.2, 0) is 35.5 Å². The quantitative estimate of drug-likeness (QED) is 0.145. The number of aromatic carboxylic acids is 1. The van der Waals surface area contributed by atoms with Gasteiger partial charge in [0.1, 0.15) is 48.2 Å². The minimum Gasteiger partial charge on any atom is -0.493 e. The maximum absolute atomic E-state index is 13.5. The Bertz CT molecular complexity index is 2430. The van der Waals surface area contributed by atoms with E-state index >= 15 is 0 Å². The summed E-state index contributed by atoms with van der Waals surface area (Å²) in [5.41, 5.74) is 4.26. The van der Waals surface area contributed by atoms with Gasteiger partial charge in [-0.05, 0) is 87.6 Å². The molecule has 60 heavy (non-hydrogen) atoms. The molecule has 2 aliphatic heterocycles. The fourth-order valence-corrected chi connectivity index (χ4v) is 6.97.